The van der Waals surface area contributed by atoms with Crippen molar-refractivity contribution >= 4 is 23.6 Å². The molecule has 5 rings (SSSR count). The van der Waals surface area contributed by atoms with Crippen LogP contribution in [0.3, 0.4) is 0 Å². The summed E-state index contributed by atoms with van der Waals surface area (Å²) in [6, 6.07) is 8.94. The van der Waals surface area contributed by atoms with Crippen molar-refractivity contribution in [2.24, 2.45) is 17.8 Å². The third-order valence-corrected chi connectivity index (χ3v) is 7.30. The van der Waals surface area contributed by atoms with Gasteiger partial charge in [0.05, 0.1) is 5.75 Å². The molecule has 0 heterocycles. The van der Waals surface area contributed by atoms with Gasteiger partial charge in [-0.25, -0.2) is 0 Å². The van der Waals surface area contributed by atoms with Crippen molar-refractivity contribution in [1.82, 2.24) is 5.32 Å². The zero-order valence-electron chi connectivity index (χ0n) is 13.3. The molecule has 1 N–H and O–H groups in total. The van der Waals surface area contributed by atoms with E-state index in [1.54, 1.807) is 12.1 Å². The smallest absolute Gasteiger partial charge is 0.257 e. The molecule has 4 aliphatic rings. The summed E-state index contributed by atoms with van der Waals surface area (Å²) in [5.74, 6) is 2.64. The Bertz CT molecular complexity index is 578. The van der Waals surface area contributed by atoms with Crippen molar-refractivity contribution < 1.29 is 9.59 Å². The van der Waals surface area contributed by atoms with Crippen LogP contribution in [0, 0.1) is 17.8 Å². The highest BCUT2D eigenvalue weighted by molar-refractivity contribution is 8.01. The number of imide groups is 1. The van der Waals surface area contributed by atoms with Gasteiger partial charge < -0.3 is 0 Å². The predicted molar refractivity (Wildman–Crippen MR) is 92.3 cm³/mol. The quantitative estimate of drug-likeness (QED) is 0.917. The van der Waals surface area contributed by atoms with E-state index >= 15 is 0 Å². The first-order valence-corrected chi connectivity index (χ1v) is 9.64. The molecular formula is C19H23NO2S. The van der Waals surface area contributed by atoms with Gasteiger partial charge in [-0.2, -0.15) is 0 Å². The van der Waals surface area contributed by atoms with E-state index in [0.717, 1.165) is 17.8 Å². The third-order valence-electron chi connectivity index (χ3n) is 5.78. The molecule has 4 heteroatoms. The van der Waals surface area contributed by atoms with Gasteiger partial charge in [0.1, 0.15) is 0 Å². The van der Waals surface area contributed by atoms with E-state index < -0.39 is 0 Å². The lowest BCUT2D eigenvalue weighted by Gasteiger charge is -2.56. The molecule has 122 valence electrons. The van der Waals surface area contributed by atoms with Crippen molar-refractivity contribution in [3.63, 3.8) is 0 Å². The Morgan fingerprint density at radius 2 is 1.57 bits per heavy atom. The molecule has 3 nitrogen and oxygen atoms in total. The lowest BCUT2D eigenvalue weighted by Crippen LogP contribution is -2.49. The number of hydrogen-bond donors (Lipinski definition) is 1. The van der Waals surface area contributed by atoms with Crippen molar-refractivity contribution in [1.29, 1.82) is 0 Å². The maximum atomic E-state index is 12.2. The van der Waals surface area contributed by atoms with Gasteiger partial charge in [-0.05, 0) is 68.4 Å². The van der Waals surface area contributed by atoms with Crippen LogP contribution in [-0.4, -0.2) is 22.3 Å². The second-order valence-corrected chi connectivity index (χ2v) is 9.08. The first-order chi connectivity index (χ1) is 11.1. The monoisotopic (exact) mass is 329 g/mol. The molecule has 0 unspecified atom stereocenters. The molecule has 23 heavy (non-hydrogen) atoms. The van der Waals surface area contributed by atoms with Crippen LogP contribution in [0.25, 0.3) is 0 Å². The molecule has 0 radical (unpaired) electrons. The number of nitrogens with one attached hydrogen (secondary N) is 1. The van der Waals surface area contributed by atoms with Gasteiger partial charge in [0.2, 0.25) is 5.91 Å². The molecule has 4 saturated carbocycles. The van der Waals surface area contributed by atoms with Crippen LogP contribution >= 0.6 is 11.8 Å². The van der Waals surface area contributed by atoms with Gasteiger partial charge in [0.15, 0.2) is 0 Å². The van der Waals surface area contributed by atoms with Gasteiger partial charge in [-0.1, -0.05) is 18.2 Å². The molecule has 0 aliphatic heterocycles. The summed E-state index contributed by atoms with van der Waals surface area (Å²) in [7, 11) is 0. The van der Waals surface area contributed by atoms with Crippen LogP contribution in [0.15, 0.2) is 30.3 Å². The number of rotatable bonds is 4. The fraction of sp³-hybridized carbons (Fsp3) is 0.579. The first-order valence-electron chi connectivity index (χ1n) is 8.65. The largest absolute Gasteiger partial charge is 0.292 e. The fourth-order valence-corrected chi connectivity index (χ4v) is 6.82. The predicted octanol–water partition coefficient (Wildman–Crippen LogP) is 3.65. The second-order valence-electron chi connectivity index (χ2n) is 7.63. The SMILES string of the molecule is O=C(CSC12CC3CC(CC(C3)C1)C2)NC(=O)c1ccccc1. The fourth-order valence-electron chi connectivity index (χ4n) is 5.25. The Kier molecular flexibility index (Phi) is 3.96. The van der Waals surface area contributed by atoms with E-state index in [-0.39, 0.29) is 11.8 Å². The maximum Gasteiger partial charge on any atom is 0.257 e. The standard InChI is InChI=1S/C19H23NO2S/c21-17(20-18(22)16-4-2-1-3-5-16)12-23-19-9-13-6-14(10-19)8-15(7-13)11-19/h1-5,13-15H,6-12H2,(H,20,21,22). The van der Waals surface area contributed by atoms with Crippen LogP contribution in [0.1, 0.15) is 48.9 Å². The normalized spacial score (nSPS) is 34.3. The zero-order chi connectivity index (χ0) is 15.9. The Hall–Kier alpha value is -1.29. The molecule has 4 aliphatic carbocycles. The molecule has 1 aromatic rings. The number of hydrogen-bond acceptors (Lipinski definition) is 3. The van der Waals surface area contributed by atoms with E-state index in [9.17, 15) is 9.59 Å². The maximum absolute atomic E-state index is 12.2. The molecule has 4 bridgehead atoms. The minimum atomic E-state index is -0.290. The summed E-state index contributed by atoms with van der Waals surface area (Å²) < 4.78 is 0.321. The lowest BCUT2D eigenvalue weighted by atomic mass is 9.56. The van der Waals surface area contributed by atoms with E-state index in [4.69, 9.17) is 0 Å². The van der Waals surface area contributed by atoms with Crippen molar-refractivity contribution in [3.05, 3.63) is 35.9 Å². The van der Waals surface area contributed by atoms with E-state index in [1.165, 1.54) is 38.5 Å². The van der Waals surface area contributed by atoms with Crippen LogP contribution in [0.4, 0.5) is 0 Å². The average molecular weight is 329 g/mol. The minimum Gasteiger partial charge on any atom is -0.292 e. The number of carbonyl (C=O) groups is 2. The minimum absolute atomic E-state index is 0.153. The average Bonchev–Trinajstić information content (AvgIpc) is 2.53. The summed E-state index contributed by atoms with van der Waals surface area (Å²) in [6.07, 6.45) is 8.09. The van der Waals surface area contributed by atoms with Gasteiger partial charge in [-0.15, -0.1) is 11.8 Å². The zero-order valence-corrected chi connectivity index (χ0v) is 14.1. The highest BCUT2D eigenvalue weighted by atomic mass is 32.2. The number of thioether (sulfide) groups is 1. The summed E-state index contributed by atoms with van der Waals surface area (Å²) in [5, 5.41) is 2.53. The van der Waals surface area contributed by atoms with Gasteiger partial charge in [0.25, 0.3) is 5.91 Å². The Labute approximate surface area is 141 Å². The highest BCUT2D eigenvalue weighted by Gasteiger charge is 2.51. The molecule has 0 atom stereocenters. The van der Waals surface area contributed by atoms with Crippen molar-refractivity contribution in [2.45, 2.75) is 43.3 Å². The highest BCUT2D eigenvalue weighted by Crippen LogP contribution is 2.60. The van der Waals surface area contributed by atoms with Crippen LogP contribution < -0.4 is 5.32 Å². The van der Waals surface area contributed by atoms with Crippen LogP contribution in [0.2, 0.25) is 0 Å². The molecular weight excluding hydrogens is 306 g/mol. The van der Waals surface area contributed by atoms with E-state index in [2.05, 4.69) is 5.32 Å². The topological polar surface area (TPSA) is 46.2 Å². The Balaban J connectivity index is 1.33. The molecule has 2 amide bonds. The van der Waals surface area contributed by atoms with Gasteiger partial charge >= 0.3 is 0 Å². The summed E-state index contributed by atoms with van der Waals surface area (Å²) in [5.41, 5.74) is 0.542. The third kappa shape index (κ3) is 3.18. The molecule has 1 aromatic carbocycles. The Morgan fingerprint density at radius 3 is 2.13 bits per heavy atom. The molecule has 0 aromatic heterocycles. The Morgan fingerprint density at radius 1 is 1.00 bits per heavy atom. The molecule has 4 fully saturated rings. The lowest BCUT2D eigenvalue weighted by molar-refractivity contribution is -0.117. The second kappa shape index (κ2) is 5.97. The summed E-state index contributed by atoms with van der Waals surface area (Å²) in [4.78, 5) is 24.2. The van der Waals surface area contributed by atoms with Crippen LogP contribution in [0.5, 0.6) is 0 Å². The van der Waals surface area contributed by atoms with Crippen molar-refractivity contribution in [2.75, 3.05) is 5.75 Å². The van der Waals surface area contributed by atoms with E-state index in [0.29, 0.717) is 16.1 Å². The van der Waals surface area contributed by atoms with E-state index in [1.807, 2.05) is 30.0 Å². The number of amides is 2. The number of carbonyl (C=O) groups excluding carboxylic acids is 2. The summed E-state index contributed by atoms with van der Waals surface area (Å²) >= 11 is 1.82. The molecule has 0 saturated heterocycles. The van der Waals surface area contributed by atoms with Gasteiger partial charge in [-0.3, -0.25) is 14.9 Å². The van der Waals surface area contributed by atoms with Crippen molar-refractivity contribution in [3.8, 4) is 0 Å². The van der Waals surface area contributed by atoms with Gasteiger partial charge in [0, 0.05) is 10.3 Å². The molecule has 0 spiro atoms. The number of benzene rings is 1. The van der Waals surface area contributed by atoms with Crippen LogP contribution in [-0.2, 0) is 4.79 Å². The first kappa shape index (κ1) is 15.3. The summed E-state index contributed by atoms with van der Waals surface area (Å²) in [6.45, 7) is 0.